The number of hydrogen-bond donors (Lipinski definition) is 2. The number of pyridine rings is 1. The summed E-state index contributed by atoms with van der Waals surface area (Å²) in [6.45, 7) is 0.244. The molecule has 2 aromatic carbocycles. The molecule has 0 aliphatic rings. The molecule has 1 heterocycles. The zero-order chi connectivity index (χ0) is 17.6. The second kappa shape index (κ2) is 7.77. The van der Waals surface area contributed by atoms with E-state index in [-0.39, 0.29) is 24.8 Å². The van der Waals surface area contributed by atoms with Gasteiger partial charge in [-0.25, -0.2) is 0 Å². The molecule has 0 saturated heterocycles. The topological polar surface area (TPSA) is 71.1 Å². The average molecular weight is 354 g/mol. The molecular formula is C19H16ClN3O2. The monoisotopic (exact) mass is 353 g/mol. The van der Waals surface area contributed by atoms with Crippen LogP contribution >= 0.6 is 11.6 Å². The van der Waals surface area contributed by atoms with Gasteiger partial charge in [0.05, 0.1) is 17.4 Å². The zero-order valence-electron chi connectivity index (χ0n) is 13.3. The maximum atomic E-state index is 12.0. The van der Waals surface area contributed by atoms with Gasteiger partial charge in [0.2, 0.25) is 5.91 Å². The quantitative estimate of drug-likeness (QED) is 0.735. The fraction of sp³-hybridized carbons (Fsp3) is 0.105. The summed E-state index contributed by atoms with van der Waals surface area (Å²) in [7, 11) is 0. The van der Waals surface area contributed by atoms with Gasteiger partial charge in [-0.05, 0) is 36.4 Å². The summed E-state index contributed by atoms with van der Waals surface area (Å²) in [5, 5.41) is 7.02. The Kier molecular flexibility index (Phi) is 5.26. The zero-order valence-corrected chi connectivity index (χ0v) is 14.1. The predicted molar refractivity (Wildman–Crippen MR) is 98.8 cm³/mol. The third kappa shape index (κ3) is 4.55. The van der Waals surface area contributed by atoms with Gasteiger partial charge in [0.1, 0.15) is 0 Å². The van der Waals surface area contributed by atoms with Gasteiger partial charge in [0, 0.05) is 28.9 Å². The van der Waals surface area contributed by atoms with Crippen molar-refractivity contribution in [2.24, 2.45) is 0 Å². The number of fused-ring (bicyclic) bond motifs is 1. The summed E-state index contributed by atoms with van der Waals surface area (Å²) < 4.78 is 0. The van der Waals surface area contributed by atoms with Crippen LogP contribution in [0, 0.1) is 0 Å². The van der Waals surface area contributed by atoms with Crippen molar-refractivity contribution >= 4 is 40.0 Å². The summed E-state index contributed by atoms with van der Waals surface area (Å²) in [4.78, 5) is 28.2. The standard InChI is InChI=1S/C19H16ClN3O2/c20-15-7-5-13(6-8-15)19(25)21-10-9-18(24)23-16-11-14-3-1-2-4-17(14)22-12-16/h1-8,11-12H,9-10H2,(H,21,25)(H,23,24). The van der Waals surface area contributed by atoms with Crippen LogP contribution in [0.1, 0.15) is 16.8 Å². The van der Waals surface area contributed by atoms with Gasteiger partial charge >= 0.3 is 0 Å². The highest BCUT2D eigenvalue weighted by Crippen LogP contribution is 2.16. The van der Waals surface area contributed by atoms with Crippen LogP contribution in [0.3, 0.4) is 0 Å². The average Bonchev–Trinajstić information content (AvgIpc) is 2.62. The first-order valence-corrected chi connectivity index (χ1v) is 8.18. The number of rotatable bonds is 5. The van der Waals surface area contributed by atoms with E-state index in [0.717, 1.165) is 10.9 Å². The molecule has 0 atom stereocenters. The van der Waals surface area contributed by atoms with E-state index < -0.39 is 0 Å². The van der Waals surface area contributed by atoms with Gasteiger partial charge in [-0.15, -0.1) is 0 Å². The number of hydrogen-bond acceptors (Lipinski definition) is 3. The first kappa shape index (κ1) is 16.9. The molecule has 0 fully saturated rings. The van der Waals surface area contributed by atoms with Crippen molar-refractivity contribution in [1.29, 1.82) is 0 Å². The van der Waals surface area contributed by atoms with Crippen molar-refractivity contribution in [1.82, 2.24) is 10.3 Å². The highest BCUT2D eigenvalue weighted by molar-refractivity contribution is 6.30. The van der Waals surface area contributed by atoms with Gasteiger partial charge in [0.15, 0.2) is 0 Å². The number of nitrogens with one attached hydrogen (secondary N) is 2. The second-order valence-corrected chi connectivity index (χ2v) is 5.91. The molecule has 5 nitrogen and oxygen atoms in total. The third-order valence-corrected chi connectivity index (χ3v) is 3.87. The van der Waals surface area contributed by atoms with Crippen LogP contribution in [0.15, 0.2) is 60.8 Å². The van der Waals surface area contributed by atoms with E-state index in [2.05, 4.69) is 15.6 Å². The Hall–Kier alpha value is -2.92. The number of anilines is 1. The smallest absolute Gasteiger partial charge is 0.251 e. The lowest BCUT2D eigenvalue weighted by molar-refractivity contribution is -0.116. The van der Waals surface area contributed by atoms with Crippen LogP contribution in [0.5, 0.6) is 0 Å². The van der Waals surface area contributed by atoms with Crippen molar-refractivity contribution < 1.29 is 9.59 Å². The second-order valence-electron chi connectivity index (χ2n) is 5.48. The van der Waals surface area contributed by atoms with Crippen molar-refractivity contribution in [3.63, 3.8) is 0 Å². The van der Waals surface area contributed by atoms with Crippen LogP contribution in [-0.2, 0) is 4.79 Å². The molecule has 0 spiro atoms. The van der Waals surface area contributed by atoms with Crippen molar-refractivity contribution in [3.8, 4) is 0 Å². The molecular weight excluding hydrogens is 338 g/mol. The Morgan fingerprint density at radius 1 is 1.04 bits per heavy atom. The molecule has 1 aromatic heterocycles. The Morgan fingerprint density at radius 2 is 1.80 bits per heavy atom. The molecule has 3 rings (SSSR count). The number of aromatic nitrogens is 1. The van der Waals surface area contributed by atoms with Crippen LogP contribution in [0.2, 0.25) is 5.02 Å². The lowest BCUT2D eigenvalue weighted by atomic mass is 10.2. The maximum Gasteiger partial charge on any atom is 0.251 e. The SMILES string of the molecule is O=C(CCNC(=O)c1ccc(Cl)cc1)Nc1cnc2ccccc2c1. The van der Waals surface area contributed by atoms with E-state index in [1.807, 2.05) is 30.3 Å². The lowest BCUT2D eigenvalue weighted by Crippen LogP contribution is -2.27. The number of halogens is 1. The van der Waals surface area contributed by atoms with Gasteiger partial charge in [0.25, 0.3) is 5.91 Å². The largest absolute Gasteiger partial charge is 0.352 e. The normalized spacial score (nSPS) is 10.4. The highest BCUT2D eigenvalue weighted by Gasteiger charge is 2.07. The molecule has 0 aliphatic heterocycles. The first-order chi connectivity index (χ1) is 12.1. The van der Waals surface area contributed by atoms with E-state index in [1.54, 1.807) is 30.5 Å². The summed E-state index contributed by atoms with van der Waals surface area (Å²) in [5.74, 6) is -0.426. The van der Waals surface area contributed by atoms with Crippen molar-refractivity contribution in [2.75, 3.05) is 11.9 Å². The molecule has 0 aliphatic carbocycles. The van der Waals surface area contributed by atoms with Crippen LogP contribution in [-0.4, -0.2) is 23.3 Å². The minimum absolute atomic E-state index is 0.173. The number of para-hydroxylation sites is 1. The summed E-state index contributed by atoms with van der Waals surface area (Å²) in [6, 6.07) is 16.1. The number of amides is 2. The Labute approximate surface area is 150 Å². The molecule has 0 saturated carbocycles. The molecule has 2 amide bonds. The predicted octanol–water partition coefficient (Wildman–Crippen LogP) is 3.65. The van der Waals surface area contributed by atoms with Crippen LogP contribution < -0.4 is 10.6 Å². The van der Waals surface area contributed by atoms with E-state index in [1.165, 1.54) is 0 Å². The fourth-order valence-electron chi connectivity index (χ4n) is 2.36. The van der Waals surface area contributed by atoms with E-state index in [4.69, 9.17) is 11.6 Å². The van der Waals surface area contributed by atoms with E-state index in [0.29, 0.717) is 16.3 Å². The molecule has 0 unspecified atom stereocenters. The minimum Gasteiger partial charge on any atom is -0.352 e. The molecule has 0 bridgehead atoms. The Balaban J connectivity index is 1.50. The summed E-state index contributed by atoms with van der Waals surface area (Å²) >= 11 is 5.79. The van der Waals surface area contributed by atoms with Gasteiger partial charge < -0.3 is 10.6 Å². The van der Waals surface area contributed by atoms with Gasteiger partial charge in [-0.1, -0.05) is 29.8 Å². The van der Waals surface area contributed by atoms with E-state index >= 15 is 0 Å². The van der Waals surface area contributed by atoms with Crippen molar-refractivity contribution in [3.05, 3.63) is 71.4 Å². The van der Waals surface area contributed by atoms with Crippen LogP contribution in [0.4, 0.5) is 5.69 Å². The molecule has 2 N–H and O–H groups in total. The molecule has 0 radical (unpaired) electrons. The lowest BCUT2D eigenvalue weighted by Gasteiger charge is -2.07. The molecule has 3 aromatic rings. The minimum atomic E-state index is -0.239. The number of nitrogens with zero attached hydrogens (tertiary/aromatic N) is 1. The number of carbonyl (C=O) groups is 2. The number of benzene rings is 2. The molecule has 126 valence electrons. The summed E-state index contributed by atoms with van der Waals surface area (Å²) in [5.41, 5.74) is 2.01. The molecule has 6 heteroatoms. The highest BCUT2D eigenvalue weighted by atomic mass is 35.5. The van der Waals surface area contributed by atoms with Gasteiger partial charge in [-0.3, -0.25) is 14.6 Å². The Bertz CT molecular complexity index is 910. The summed E-state index contributed by atoms with van der Waals surface area (Å²) in [6.07, 6.45) is 1.79. The van der Waals surface area contributed by atoms with E-state index in [9.17, 15) is 9.59 Å². The third-order valence-electron chi connectivity index (χ3n) is 3.62. The molecule has 25 heavy (non-hydrogen) atoms. The van der Waals surface area contributed by atoms with Crippen molar-refractivity contribution in [2.45, 2.75) is 6.42 Å². The maximum absolute atomic E-state index is 12.0. The Morgan fingerprint density at radius 3 is 2.60 bits per heavy atom. The number of carbonyl (C=O) groups excluding carboxylic acids is 2. The first-order valence-electron chi connectivity index (χ1n) is 7.80. The van der Waals surface area contributed by atoms with Gasteiger partial charge in [-0.2, -0.15) is 0 Å². The van der Waals surface area contributed by atoms with Crippen LogP contribution in [0.25, 0.3) is 10.9 Å². The fourth-order valence-corrected chi connectivity index (χ4v) is 2.48.